The summed E-state index contributed by atoms with van der Waals surface area (Å²) in [6.45, 7) is 2.30. The van der Waals surface area contributed by atoms with E-state index in [0.29, 0.717) is 30.5 Å². The Morgan fingerprint density at radius 3 is 2.30 bits per heavy atom. The van der Waals surface area contributed by atoms with Crippen molar-refractivity contribution in [1.29, 1.82) is 0 Å². The molecule has 4 fully saturated rings. The molecule has 4 aliphatic rings. The van der Waals surface area contributed by atoms with Gasteiger partial charge in [-0.25, -0.2) is 9.18 Å². The van der Waals surface area contributed by atoms with E-state index in [0.717, 1.165) is 49.7 Å². The molecule has 1 aromatic heterocycles. The Balaban J connectivity index is 0.973. The average molecular weight is 465 g/mol. The predicted octanol–water partition coefficient (Wildman–Crippen LogP) is 4.12. The van der Waals surface area contributed by atoms with Crippen LogP contribution in [0.4, 0.5) is 22.4 Å². The van der Waals surface area contributed by atoms with Crippen molar-refractivity contribution in [1.82, 2.24) is 25.0 Å². The molecule has 2 amide bonds. The van der Waals surface area contributed by atoms with Gasteiger partial charge in [-0.2, -0.15) is 0 Å². The number of halogens is 4. The highest BCUT2D eigenvalue weighted by atomic mass is 19.4. The van der Waals surface area contributed by atoms with E-state index < -0.39 is 17.9 Å². The highest BCUT2D eigenvalue weighted by Gasteiger charge is 2.56. The number of urea groups is 1. The minimum Gasteiger partial charge on any atom is -0.403 e. The first kappa shape index (κ1) is 20.7. The molecule has 2 aliphatic heterocycles. The second-order valence-electron chi connectivity index (χ2n) is 9.95. The van der Waals surface area contributed by atoms with Crippen molar-refractivity contribution >= 4 is 6.03 Å². The zero-order chi connectivity index (χ0) is 23.0. The molecule has 1 aromatic carbocycles. The highest BCUT2D eigenvalue weighted by Crippen LogP contribution is 2.56. The summed E-state index contributed by atoms with van der Waals surface area (Å²) in [6, 6.07) is 3.42. The van der Waals surface area contributed by atoms with Gasteiger partial charge in [0.25, 0.3) is 0 Å². The first-order valence-electron chi connectivity index (χ1n) is 11.2. The van der Waals surface area contributed by atoms with Gasteiger partial charge in [-0.05, 0) is 43.4 Å². The van der Waals surface area contributed by atoms with E-state index in [9.17, 15) is 22.4 Å². The lowest BCUT2D eigenvalue weighted by Gasteiger charge is -2.59. The van der Waals surface area contributed by atoms with Gasteiger partial charge in [0.05, 0.1) is 0 Å². The maximum absolute atomic E-state index is 14.0. The molecular formula is C22H23F4N5O2. The lowest BCUT2D eigenvalue weighted by atomic mass is 9.57. The lowest BCUT2D eigenvalue weighted by Crippen LogP contribution is -2.67. The third-order valence-corrected chi connectivity index (χ3v) is 7.36. The minimum atomic E-state index is -4.94. The summed E-state index contributed by atoms with van der Waals surface area (Å²) in [4.78, 5) is 19.6. The van der Waals surface area contributed by atoms with Gasteiger partial charge in [-0.15, -0.1) is 23.4 Å². The number of nitrogens with zero attached hydrogens (tertiary/aromatic N) is 4. The molecule has 6 rings (SSSR count). The maximum atomic E-state index is 14.0. The molecule has 2 saturated heterocycles. The van der Waals surface area contributed by atoms with E-state index in [1.807, 2.05) is 4.90 Å². The number of aromatic amines is 1. The second-order valence-corrected chi connectivity index (χ2v) is 9.95. The van der Waals surface area contributed by atoms with Crippen LogP contribution in [0, 0.1) is 11.2 Å². The molecule has 2 aliphatic carbocycles. The Bertz CT molecular complexity index is 1080. The van der Waals surface area contributed by atoms with Gasteiger partial charge >= 0.3 is 12.4 Å². The number of hydrogen-bond donors (Lipinski definition) is 1. The van der Waals surface area contributed by atoms with E-state index in [4.69, 9.17) is 0 Å². The fourth-order valence-electron chi connectivity index (χ4n) is 5.37. The zero-order valence-corrected chi connectivity index (χ0v) is 17.7. The number of aromatic nitrogens is 3. The van der Waals surface area contributed by atoms with Crippen LogP contribution < -0.4 is 4.74 Å². The Morgan fingerprint density at radius 1 is 1.03 bits per heavy atom. The normalized spacial score (nSPS) is 22.7. The molecule has 0 unspecified atom stereocenters. The number of amides is 2. The summed E-state index contributed by atoms with van der Waals surface area (Å²) >= 11 is 0. The van der Waals surface area contributed by atoms with Crippen molar-refractivity contribution in [3.8, 4) is 5.75 Å². The zero-order valence-electron chi connectivity index (χ0n) is 17.7. The summed E-state index contributed by atoms with van der Waals surface area (Å²) in [5, 5.41) is 8.57. The van der Waals surface area contributed by atoms with Crippen LogP contribution in [0.3, 0.4) is 0 Å². The molecule has 0 atom stereocenters. The Labute approximate surface area is 187 Å². The number of H-pyrrole nitrogens is 1. The number of likely N-dealkylation sites (tertiary alicyclic amines) is 2. The van der Waals surface area contributed by atoms with Crippen LogP contribution in [0.25, 0.3) is 0 Å². The molecule has 1 N–H and O–H groups in total. The van der Waals surface area contributed by atoms with Gasteiger partial charge in [-0.3, -0.25) is 0 Å². The number of ether oxygens (including phenoxy) is 1. The molecule has 3 heterocycles. The van der Waals surface area contributed by atoms with Crippen LogP contribution in [0.5, 0.6) is 5.75 Å². The molecular weight excluding hydrogens is 442 g/mol. The molecule has 2 aromatic rings. The van der Waals surface area contributed by atoms with Crippen molar-refractivity contribution in [2.24, 2.45) is 5.41 Å². The van der Waals surface area contributed by atoms with Crippen molar-refractivity contribution in [3.05, 3.63) is 41.2 Å². The first-order chi connectivity index (χ1) is 15.7. The monoisotopic (exact) mass is 465 g/mol. The van der Waals surface area contributed by atoms with Crippen molar-refractivity contribution < 1.29 is 27.1 Å². The third kappa shape index (κ3) is 3.80. The van der Waals surface area contributed by atoms with Gasteiger partial charge in [0.15, 0.2) is 11.6 Å². The molecule has 0 bridgehead atoms. The molecule has 176 valence electrons. The van der Waals surface area contributed by atoms with Gasteiger partial charge < -0.3 is 19.5 Å². The van der Waals surface area contributed by atoms with E-state index >= 15 is 0 Å². The number of rotatable bonds is 4. The summed E-state index contributed by atoms with van der Waals surface area (Å²) in [7, 11) is 0. The molecule has 7 nitrogen and oxygen atoms in total. The molecule has 2 saturated carbocycles. The van der Waals surface area contributed by atoms with Gasteiger partial charge in [0.2, 0.25) is 0 Å². The van der Waals surface area contributed by atoms with Crippen LogP contribution in [-0.4, -0.2) is 63.6 Å². The summed E-state index contributed by atoms with van der Waals surface area (Å²) < 4.78 is 54.5. The van der Waals surface area contributed by atoms with Crippen LogP contribution in [0.2, 0.25) is 0 Å². The summed E-state index contributed by atoms with van der Waals surface area (Å²) in [5.74, 6) is 0.906. The topological polar surface area (TPSA) is 74.3 Å². The number of carbonyl (C=O) groups excluding carboxylic acids is 1. The fourth-order valence-corrected chi connectivity index (χ4v) is 5.37. The largest absolute Gasteiger partial charge is 0.573 e. The maximum Gasteiger partial charge on any atom is 0.573 e. The fraction of sp³-hybridized carbons (Fsp3) is 0.591. The molecule has 33 heavy (non-hydrogen) atoms. The summed E-state index contributed by atoms with van der Waals surface area (Å²) in [6.07, 6.45) is -0.561. The highest BCUT2D eigenvalue weighted by molar-refractivity contribution is 5.77. The average Bonchev–Trinajstić information content (AvgIpc) is 3.38. The minimum absolute atomic E-state index is 0.0338. The summed E-state index contributed by atoms with van der Waals surface area (Å²) in [5.41, 5.74) is 0.736. The number of nitrogens with one attached hydrogen (secondary N) is 1. The Morgan fingerprint density at radius 2 is 1.70 bits per heavy atom. The molecule has 11 heteroatoms. The van der Waals surface area contributed by atoms with Crippen LogP contribution in [0.1, 0.15) is 60.6 Å². The molecule has 1 spiro atoms. The van der Waals surface area contributed by atoms with Gasteiger partial charge in [0, 0.05) is 49.3 Å². The quantitative estimate of drug-likeness (QED) is 0.690. The third-order valence-electron chi connectivity index (χ3n) is 7.36. The SMILES string of the molecule is O=C(N1CC(c2ccc(OC(F)(F)F)c(F)c2)C1)N1CC2(CC(c3nnc(C4CC4)[nH]3)C2)C1. The van der Waals surface area contributed by atoms with Crippen LogP contribution in [0.15, 0.2) is 18.2 Å². The number of hydrogen-bond acceptors (Lipinski definition) is 4. The number of carbonyl (C=O) groups is 1. The van der Waals surface area contributed by atoms with Gasteiger partial charge in [0.1, 0.15) is 11.6 Å². The van der Waals surface area contributed by atoms with E-state index in [1.54, 1.807) is 4.90 Å². The van der Waals surface area contributed by atoms with Crippen LogP contribution >= 0.6 is 0 Å². The van der Waals surface area contributed by atoms with Crippen molar-refractivity contribution in [2.45, 2.75) is 49.8 Å². The van der Waals surface area contributed by atoms with E-state index in [-0.39, 0.29) is 17.4 Å². The number of benzene rings is 1. The lowest BCUT2D eigenvalue weighted by molar-refractivity contribution is -0.275. The number of alkyl halides is 3. The predicted molar refractivity (Wildman–Crippen MR) is 107 cm³/mol. The van der Waals surface area contributed by atoms with E-state index in [2.05, 4.69) is 19.9 Å². The second kappa shape index (κ2) is 7.07. The Hall–Kier alpha value is -2.85. The van der Waals surface area contributed by atoms with Gasteiger partial charge in [-0.1, -0.05) is 6.07 Å². The van der Waals surface area contributed by atoms with Crippen molar-refractivity contribution in [2.75, 3.05) is 26.2 Å². The standard InChI is InChI=1S/C22H23F4N5O2/c23-16-5-13(3-4-17(16)33-22(24,25)26)15-8-30(9-15)20(32)31-10-21(11-31)6-14(7-21)19-27-18(28-29-19)12-1-2-12/h3-5,12,14-15H,1-2,6-11H2,(H,27,28,29). The molecule has 0 radical (unpaired) electrons. The Kier molecular flexibility index (Phi) is 4.44. The smallest absolute Gasteiger partial charge is 0.403 e. The van der Waals surface area contributed by atoms with Crippen LogP contribution in [-0.2, 0) is 0 Å². The van der Waals surface area contributed by atoms with Crippen molar-refractivity contribution in [3.63, 3.8) is 0 Å². The van der Waals surface area contributed by atoms with E-state index in [1.165, 1.54) is 18.9 Å². The first-order valence-corrected chi connectivity index (χ1v) is 11.2.